The molecule has 138 valence electrons. The van der Waals surface area contributed by atoms with Crippen LogP contribution in [0.1, 0.15) is 12.0 Å². The van der Waals surface area contributed by atoms with Crippen LogP contribution in [0, 0.1) is 29.5 Å². The lowest BCUT2D eigenvalue weighted by Gasteiger charge is -2.37. The van der Waals surface area contributed by atoms with E-state index < -0.39 is 17.8 Å². The molecule has 1 amide bonds. The lowest BCUT2D eigenvalue weighted by molar-refractivity contribution is -0.917. The predicted molar refractivity (Wildman–Crippen MR) is 90.1 cm³/mol. The first-order valence-corrected chi connectivity index (χ1v) is 9.29. The lowest BCUT2D eigenvalue weighted by atomic mass is 9.82. The second kappa shape index (κ2) is 6.83. The van der Waals surface area contributed by atoms with Gasteiger partial charge in [-0.05, 0) is 30.4 Å². The van der Waals surface area contributed by atoms with E-state index in [0.717, 1.165) is 31.6 Å². The number of nitrogens with zero attached hydrogens (tertiary/aromatic N) is 1. The molecule has 0 radical (unpaired) electrons. The van der Waals surface area contributed by atoms with Crippen molar-refractivity contribution >= 4 is 11.9 Å². The van der Waals surface area contributed by atoms with E-state index in [-0.39, 0.29) is 23.6 Å². The number of fused-ring (bicyclic) bond motifs is 2. The smallest absolute Gasteiger partial charge is 0.227 e. The van der Waals surface area contributed by atoms with Crippen molar-refractivity contribution in [2.75, 3.05) is 26.2 Å². The zero-order valence-corrected chi connectivity index (χ0v) is 14.6. The van der Waals surface area contributed by atoms with E-state index >= 15 is 0 Å². The van der Waals surface area contributed by atoms with E-state index in [4.69, 9.17) is 0 Å². The number of carboxylic acid groups (broad SMARTS) is 1. The maximum absolute atomic E-state index is 13.0. The molecule has 4 atom stereocenters. The van der Waals surface area contributed by atoms with Crippen LogP contribution in [0.5, 0.6) is 0 Å². The Kier molecular flexibility index (Phi) is 4.53. The summed E-state index contributed by atoms with van der Waals surface area (Å²) < 4.78 is 13.0. The van der Waals surface area contributed by atoms with Gasteiger partial charge in [-0.1, -0.05) is 24.3 Å². The summed E-state index contributed by atoms with van der Waals surface area (Å²) in [7, 11) is 0. The molecule has 1 saturated heterocycles. The quantitative estimate of drug-likeness (QED) is 0.720. The van der Waals surface area contributed by atoms with Crippen LogP contribution in [0.15, 0.2) is 36.4 Å². The molecule has 4 rings (SSSR count). The summed E-state index contributed by atoms with van der Waals surface area (Å²) in [6.07, 6.45) is 4.69. The number of rotatable bonds is 4. The Bertz CT molecular complexity index is 725. The van der Waals surface area contributed by atoms with Gasteiger partial charge in [0.25, 0.3) is 0 Å². The van der Waals surface area contributed by atoms with Gasteiger partial charge in [-0.3, -0.25) is 4.79 Å². The molecule has 2 aliphatic carbocycles. The van der Waals surface area contributed by atoms with Gasteiger partial charge in [-0.2, -0.15) is 0 Å². The van der Waals surface area contributed by atoms with Gasteiger partial charge >= 0.3 is 0 Å². The van der Waals surface area contributed by atoms with E-state index in [1.807, 2.05) is 17.1 Å². The fourth-order valence-electron chi connectivity index (χ4n) is 4.80. The van der Waals surface area contributed by atoms with E-state index in [1.54, 1.807) is 12.1 Å². The van der Waals surface area contributed by atoms with Crippen LogP contribution in [-0.2, 0) is 16.1 Å². The van der Waals surface area contributed by atoms with Crippen molar-refractivity contribution in [3.8, 4) is 0 Å². The van der Waals surface area contributed by atoms with Crippen LogP contribution in [0.25, 0.3) is 0 Å². The van der Waals surface area contributed by atoms with Crippen LogP contribution >= 0.6 is 0 Å². The number of carboxylic acids is 1. The van der Waals surface area contributed by atoms with Gasteiger partial charge in [0.2, 0.25) is 5.91 Å². The number of carbonyl (C=O) groups is 2. The second-order valence-corrected chi connectivity index (χ2v) is 7.70. The molecule has 0 aromatic heterocycles. The lowest BCUT2D eigenvalue weighted by Crippen LogP contribution is -3.13. The third kappa shape index (κ3) is 3.14. The number of benzene rings is 1. The number of carbonyl (C=O) groups excluding carboxylic acids is 2. The average Bonchev–Trinajstić information content (AvgIpc) is 3.25. The minimum Gasteiger partial charge on any atom is -0.550 e. The molecule has 2 bridgehead atoms. The van der Waals surface area contributed by atoms with Gasteiger partial charge in [0, 0.05) is 17.5 Å². The van der Waals surface area contributed by atoms with Crippen LogP contribution in [0.3, 0.4) is 0 Å². The molecule has 6 heteroatoms. The molecular formula is C20H23FN2O3. The summed E-state index contributed by atoms with van der Waals surface area (Å²) in [6, 6.07) is 6.53. The fraction of sp³-hybridized carbons (Fsp3) is 0.500. The number of amides is 1. The zero-order valence-electron chi connectivity index (χ0n) is 14.6. The number of hydrogen-bond donors (Lipinski definition) is 1. The van der Waals surface area contributed by atoms with Crippen molar-refractivity contribution in [1.82, 2.24) is 4.90 Å². The largest absolute Gasteiger partial charge is 0.550 e. The highest BCUT2D eigenvalue weighted by atomic mass is 19.1. The maximum Gasteiger partial charge on any atom is 0.227 e. The van der Waals surface area contributed by atoms with Gasteiger partial charge in [0.1, 0.15) is 12.4 Å². The molecule has 1 saturated carbocycles. The summed E-state index contributed by atoms with van der Waals surface area (Å²) in [6.45, 7) is 3.70. The second-order valence-electron chi connectivity index (χ2n) is 7.70. The Hall–Kier alpha value is -2.21. The number of hydrogen-bond acceptors (Lipinski definition) is 3. The summed E-state index contributed by atoms with van der Waals surface area (Å²) in [4.78, 5) is 27.7. The maximum atomic E-state index is 13.0. The first kappa shape index (κ1) is 17.2. The third-order valence-electron chi connectivity index (χ3n) is 6.17. The minimum atomic E-state index is -1.10. The van der Waals surface area contributed by atoms with Crippen molar-refractivity contribution in [2.24, 2.45) is 23.7 Å². The molecular weight excluding hydrogens is 335 g/mol. The summed E-state index contributed by atoms with van der Waals surface area (Å²) in [5.41, 5.74) is 1.08. The Balaban J connectivity index is 1.36. The first-order valence-electron chi connectivity index (χ1n) is 9.29. The monoisotopic (exact) mass is 358 g/mol. The van der Waals surface area contributed by atoms with Crippen molar-refractivity contribution < 1.29 is 24.0 Å². The first-order chi connectivity index (χ1) is 12.5. The number of piperazine rings is 1. The molecule has 1 heterocycles. The van der Waals surface area contributed by atoms with E-state index in [9.17, 15) is 19.1 Å². The van der Waals surface area contributed by atoms with Gasteiger partial charge in [-0.25, -0.2) is 4.39 Å². The summed E-state index contributed by atoms with van der Waals surface area (Å²) in [5.74, 6) is -2.51. The van der Waals surface area contributed by atoms with Crippen LogP contribution < -0.4 is 10.0 Å². The third-order valence-corrected chi connectivity index (χ3v) is 6.17. The number of aliphatic carboxylic acids is 1. The highest BCUT2D eigenvalue weighted by Crippen LogP contribution is 2.48. The number of quaternary nitrogens is 1. The van der Waals surface area contributed by atoms with Crippen LogP contribution in [0.2, 0.25) is 0 Å². The SMILES string of the molecule is O=C([O-])[C@@H]1[C@@H](C(=O)N2CC[NH+](Cc3ccc(F)cc3)CC2)[C@@H]2C=C[C@H]1C2. The molecule has 0 unspecified atom stereocenters. The molecule has 1 N–H and O–H groups in total. The van der Waals surface area contributed by atoms with Gasteiger partial charge in [0.15, 0.2) is 0 Å². The van der Waals surface area contributed by atoms with Crippen molar-refractivity contribution in [3.05, 3.63) is 47.8 Å². The van der Waals surface area contributed by atoms with Gasteiger partial charge in [-0.15, -0.1) is 0 Å². The Labute approximate surface area is 152 Å². The Morgan fingerprint density at radius 2 is 1.69 bits per heavy atom. The minimum absolute atomic E-state index is 0.0307. The van der Waals surface area contributed by atoms with Gasteiger partial charge in [0.05, 0.1) is 32.1 Å². The molecule has 3 aliphatic rings. The highest BCUT2D eigenvalue weighted by molar-refractivity contribution is 5.86. The van der Waals surface area contributed by atoms with E-state index in [2.05, 4.69) is 0 Å². The predicted octanol–water partition coefficient (Wildman–Crippen LogP) is -0.759. The topological polar surface area (TPSA) is 64.9 Å². The molecule has 1 aromatic rings. The van der Waals surface area contributed by atoms with E-state index in [1.165, 1.54) is 17.0 Å². The van der Waals surface area contributed by atoms with E-state index in [0.29, 0.717) is 13.1 Å². The zero-order chi connectivity index (χ0) is 18.3. The molecule has 0 spiro atoms. The highest BCUT2D eigenvalue weighted by Gasteiger charge is 2.50. The Morgan fingerprint density at radius 1 is 1.08 bits per heavy atom. The number of allylic oxidation sites excluding steroid dienone is 2. The normalized spacial score (nSPS) is 30.7. The van der Waals surface area contributed by atoms with Crippen molar-refractivity contribution in [1.29, 1.82) is 0 Å². The fourth-order valence-corrected chi connectivity index (χ4v) is 4.80. The standard InChI is InChI=1S/C20H23FN2O3/c21-16-5-1-13(2-6-16)12-22-7-9-23(10-8-22)19(24)17-14-3-4-15(11-14)18(17)20(25)26/h1-6,14-15,17-18H,7-12H2,(H,25,26)/t14-,15+,17+,18+/m1/s1. The van der Waals surface area contributed by atoms with Crippen LogP contribution in [-0.4, -0.2) is 43.0 Å². The van der Waals surface area contributed by atoms with Crippen LogP contribution in [0.4, 0.5) is 4.39 Å². The van der Waals surface area contributed by atoms with Crippen molar-refractivity contribution in [3.63, 3.8) is 0 Å². The Morgan fingerprint density at radius 3 is 2.31 bits per heavy atom. The summed E-state index contributed by atoms with van der Waals surface area (Å²) in [5, 5.41) is 11.5. The van der Waals surface area contributed by atoms with Crippen molar-refractivity contribution in [2.45, 2.75) is 13.0 Å². The average molecular weight is 358 g/mol. The molecule has 1 aromatic carbocycles. The number of halogens is 1. The molecule has 2 fully saturated rings. The summed E-state index contributed by atoms with van der Waals surface area (Å²) >= 11 is 0. The number of nitrogens with one attached hydrogen (secondary N) is 1. The molecule has 5 nitrogen and oxygen atoms in total. The molecule has 26 heavy (non-hydrogen) atoms. The van der Waals surface area contributed by atoms with Gasteiger partial charge < -0.3 is 19.7 Å². The molecule has 1 aliphatic heterocycles.